The monoisotopic (exact) mass is 193 g/mol. The van der Waals surface area contributed by atoms with Gasteiger partial charge < -0.3 is 4.90 Å². The summed E-state index contributed by atoms with van der Waals surface area (Å²) in [4.78, 5) is 13.3. The lowest BCUT2D eigenvalue weighted by molar-refractivity contribution is 0.0816. The standard InChI is InChI=1S/C10H15N3O/c1-5-6-8-7-11-13(4)9(8)10(14)12(2)3/h5,7H,1,6H2,2-4H3. The Kier molecular flexibility index (Phi) is 3.06. The molecule has 0 saturated carbocycles. The Hall–Kier alpha value is -1.58. The Labute approximate surface area is 83.8 Å². The average molecular weight is 193 g/mol. The van der Waals surface area contributed by atoms with E-state index in [4.69, 9.17) is 0 Å². The lowest BCUT2D eigenvalue weighted by Crippen LogP contribution is -2.25. The maximum absolute atomic E-state index is 11.8. The lowest BCUT2D eigenvalue weighted by Gasteiger charge is -2.11. The van der Waals surface area contributed by atoms with Crippen LogP contribution >= 0.6 is 0 Å². The first-order chi connectivity index (χ1) is 6.57. The van der Waals surface area contributed by atoms with Gasteiger partial charge in [0.05, 0.1) is 6.20 Å². The van der Waals surface area contributed by atoms with Crippen molar-refractivity contribution in [2.45, 2.75) is 6.42 Å². The first-order valence-electron chi connectivity index (χ1n) is 4.41. The summed E-state index contributed by atoms with van der Waals surface area (Å²) < 4.78 is 1.60. The topological polar surface area (TPSA) is 38.1 Å². The molecule has 0 saturated heterocycles. The largest absolute Gasteiger partial charge is 0.343 e. The minimum absolute atomic E-state index is 0.0261. The molecular formula is C10H15N3O. The average Bonchev–Trinajstić information content (AvgIpc) is 2.47. The van der Waals surface area contributed by atoms with Gasteiger partial charge in [0.25, 0.3) is 5.91 Å². The van der Waals surface area contributed by atoms with Gasteiger partial charge in [-0.2, -0.15) is 5.10 Å². The second kappa shape index (κ2) is 4.09. The molecule has 1 amide bonds. The van der Waals surface area contributed by atoms with Crippen LogP contribution in [0.1, 0.15) is 16.1 Å². The summed E-state index contributed by atoms with van der Waals surface area (Å²) in [6, 6.07) is 0. The SMILES string of the molecule is C=CCc1cnn(C)c1C(=O)N(C)C. The molecule has 0 radical (unpaired) electrons. The summed E-state index contributed by atoms with van der Waals surface area (Å²) in [7, 11) is 5.23. The molecule has 1 aromatic rings. The highest BCUT2D eigenvalue weighted by molar-refractivity contribution is 5.93. The Morgan fingerprint density at radius 3 is 2.86 bits per heavy atom. The van der Waals surface area contributed by atoms with Crippen LogP contribution in [0.25, 0.3) is 0 Å². The van der Waals surface area contributed by atoms with Crippen LogP contribution in [0.5, 0.6) is 0 Å². The van der Waals surface area contributed by atoms with E-state index in [-0.39, 0.29) is 5.91 Å². The molecule has 14 heavy (non-hydrogen) atoms. The number of carbonyl (C=O) groups excluding carboxylic acids is 1. The molecule has 0 aromatic carbocycles. The Morgan fingerprint density at radius 1 is 1.71 bits per heavy atom. The summed E-state index contributed by atoms with van der Waals surface area (Å²) in [6.07, 6.45) is 4.14. The third-order valence-corrected chi connectivity index (χ3v) is 1.99. The summed E-state index contributed by atoms with van der Waals surface area (Å²) in [5.74, 6) is -0.0261. The summed E-state index contributed by atoms with van der Waals surface area (Å²) in [5.41, 5.74) is 1.55. The first kappa shape index (κ1) is 10.5. The van der Waals surface area contributed by atoms with Crippen molar-refractivity contribution in [1.29, 1.82) is 0 Å². The van der Waals surface area contributed by atoms with E-state index in [2.05, 4.69) is 11.7 Å². The molecule has 0 N–H and O–H groups in total. The van der Waals surface area contributed by atoms with Gasteiger partial charge in [-0.05, 0) is 6.42 Å². The molecule has 0 spiro atoms. The molecule has 0 fully saturated rings. The predicted molar refractivity (Wildman–Crippen MR) is 55.1 cm³/mol. The van der Waals surface area contributed by atoms with Crippen LogP contribution in [0.15, 0.2) is 18.9 Å². The molecule has 4 heteroatoms. The van der Waals surface area contributed by atoms with Crippen molar-refractivity contribution in [2.24, 2.45) is 7.05 Å². The Bertz CT molecular complexity index is 352. The van der Waals surface area contributed by atoms with Gasteiger partial charge in [0.2, 0.25) is 0 Å². The van der Waals surface area contributed by atoms with Gasteiger partial charge in [0, 0.05) is 26.7 Å². The number of aromatic nitrogens is 2. The second-order valence-corrected chi connectivity index (χ2v) is 3.33. The van der Waals surface area contributed by atoms with Crippen molar-refractivity contribution in [3.8, 4) is 0 Å². The van der Waals surface area contributed by atoms with Gasteiger partial charge >= 0.3 is 0 Å². The van der Waals surface area contributed by atoms with E-state index in [1.165, 1.54) is 0 Å². The summed E-state index contributed by atoms with van der Waals surface area (Å²) in [5, 5.41) is 4.06. The van der Waals surface area contributed by atoms with Gasteiger partial charge in [0.1, 0.15) is 5.69 Å². The van der Waals surface area contributed by atoms with Gasteiger partial charge in [-0.25, -0.2) is 0 Å². The molecule has 1 aromatic heterocycles. The Balaban J connectivity index is 3.10. The smallest absolute Gasteiger partial charge is 0.271 e. The van der Waals surface area contributed by atoms with Crippen LogP contribution in [0.2, 0.25) is 0 Å². The fraction of sp³-hybridized carbons (Fsp3) is 0.400. The molecular weight excluding hydrogens is 178 g/mol. The molecule has 4 nitrogen and oxygen atoms in total. The molecule has 0 atom stereocenters. The van der Waals surface area contributed by atoms with Gasteiger partial charge in [-0.15, -0.1) is 6.58 Å². The molecule has 0 aliphatic carbocycles. The number of carbonyl (C=O) groups is 1. The maximum Gasteiger partial charge on any atom is 0.271 e. The van der Waals surface area contributed by atoms with Gasteiger partial charge in [0.15, 0.2) is 0 Å². The fourth-order valence-corrected chi connectivity index (χ4v) is 1.28. The van der Waals surface area contributed by atoms with Crippen molar-refractivity contribution in [3.63, 3.8) is 0 Å². The van der Waals surface area contributed by atoms with Crippen LogP contribution < -0.4 is 0 Å². The van der Waals surface area contributed by atoms with Crippen LogP contribution in [-0.4, -0.2) is 34.7 Å². The van der Waals surface area contributed by atoms with E-state index in [1.807, 2.05) is 0 Å². The fourth-order valence-electron chi connectivity index (χ4n) is 1.28. The van der Waals surface area contributed by atoms with Crippen molar-refractivity contribution in [1.82, 2.24) is 14.7 Å². The molecule has 0 bridgehead atoms. The molecule has 0 aliphatic heterocycles. The molecule has 76 valence electrons. The highest BCUT2D eigenvalue weighted by Gasteiger charge is 2.17. The van der Waals surface area contributed by atoms with E-state index in [9.17, 15) is 4.79 Å². The quantitative estimate of drug-likeness (QED) is 0.667. The number of allylic oxidation sites excluding steroid dienone is 1. The Morgan fingerprint density at radius 2 is 2.36 bits per heavy atom. The third kappa shape index (κ3) is 1.84. The van der Waals surface area contributed by atoms with E-state index in [0.29, 0.717) is 12.1 Å². The number of hydrogen-bond donors (Lipinski definition) is 0. The van der Waals surface area contributed by atoms with Crippen molar-refractivity contribution >= 4 is 5.91 Å². The number of rotatable bonds is 3. The van der Waals surface area contributed by atoms with E-state index < -0.39 is 0 Å². The predicted octanol–water partition coefficient (Wildman–Crippen LogP) is 0.850. The van der Waals surface area contributed by atoms with Crippen molar-refractivity contribution in [3.05, 3.63) is 30.1 Å². The van der Waals surface area contributed by atoms with Crippen LogP contribution in [0, 0.1) is 0 Å². The molecule has 1 rings (SSSR count). The van der Waals surface area contributed by atoms with Crippen molar-refractivity contribution < 1.29 is 4.79 Å². The zero-order valence-corrected chi connectivity index (χ0v) is 8.82. The van der Waals surface area contributed by atoms with Gasteiger partial charge in [-0.3, -0.25) is 9.48 Å². The molecule has 0 aliphatic rings. The zero-order valence-electron chi connectivity index (χ0n) is 8.82. The normalized spacial score (nSPS) is 9.93. The van der Waals surface area contributed by atoms with Crippen LogP contribution in [-0.2, 0) is 13.5 Å². The number of aryl methyl sites for hydroxylation is 1. The number of amides is 1. The van der Waals surface area contributed by atoms with E-state index >= 15 is 0 Å². The van der Waals surface area contributed by atoms with Crippen LogP contribution in [0.4, 0.5) is 0 Å². The van der Waals surface area contributed by atoms with Crippen LogP contribution in [0.3, 0.4) is 0 Å². The highest BCUT2D eigenvalue weighted by atomic mass is 16.2. The minimum Gasteiger partial charge on any atom is -0.343 e. The van der Waals surface area contributed by atoms with E-state index in [0.717, 1.165) is 5.56 Å². The summed E-state index contributed by atoms with van der Waals surface area (Å²) in [6.45, 7) is 3.65. The van der Waals surface area contributed by atoms with Gasteiger partial charge in [-0.1, -0.05) is 6.08 Å². The zero-order chi connectivity index (χ0) is 10.7. The number of hydrogen-bond acceptors (Lipinski definition) is 2. The highest BCUT2D eigenvalue weighted by Crippen LogP contribution is 2.10. The molecule has 1 heterocycles. The van der Waals surface area contributed by atoms with Crippen molar-refractivity contribution in [2.75, 3.05) is 14.1 Å². The summed E-state index contributed by atoms with van der Waals surface area (Å²) >= 11 is 0. The molecule has 0 unspecified atom stereocenters. The lowest BCUT2D eigenvalue weighted by atomic mass is 10.1. The van der Waals surface area contributed by atoms with E-state index in [1.54, 1.807) is 43.0 Å². The maximum atomic E-state index is 11.8. The second-order valence-electron chi connectivity index (χ2n) is 3.33. The third-order valence-electron chi connectivity index (χ3n) is 1.99. The minimum atomic E-state index is -0.0261. The number of nitrogens with zero attached hydrogens (tertiary/aromatic N) is 3. The first-order valence-corrected chi connectivity index (χ1v) is 4.41.